The molecule has 0 atom stereocenters. The Labute approximate surface area is 413 Å². The van der Waals surface area contributed by atoms with Gasteiger partial charge in [-0.15, -0.1) is 0 Å². The fourth-order valence-electron chi connectivity index (χ4n) is 5.73. The van der Waals surface area contributed by atoms with Crippen LogP contribution in [0, 0.1) is 22.8 Å². The molecule has 0 aliphatic carbocycles. The van der Waals surface area contributed by atoms with E-state index in [0.717, 1.165) is 37.3 Å². The highest BCUT2D eigenvalue weighted by Gasteiger charge is 2.09. The molecule has 0 unspecified atom stereocenters. The normalized spacial score (nSPS) is 9.76. The van der Waals surface area contributed by atoms with Crippen molar-refractivity contribution in [3.8, 4) is 0 Å². The van der Waals surface area contributed by atoms with Crippen molar-refractivity contribution in [2.45, 2.75) is 0 Å². The first-order valence-corrected chi connectivity index (χ1v) is 23.8. The molecule has 0 saturated carbocycles. The summed E-state index contributed by atoms with van der Waals surface area (Å²) >= 11 is 19.6. The fraction of sp³-hybridized carbons (Fsp3) is 0. The summed E-state index contributed by atoms with van der Waals surface area (Å²) < 4.78 is 78.5. The number of fused-ring (bicyclic) bond motifs is 5. The predicted octanol–water partition coefficient (Wildman–Crippen LogP) is 12.2. The predicted molar refractivity (Wildman–Crippen MR) is 262 cm³/mol. The third-order valence-electron chi connectivity index (χ3n) is 8.56. The molecule has 5 N–H and O–H groups in total. The second-order valence-electron chi connectivity index (χ2n) is 12.9. The van der Waals surface area contributed by atoms with Crippen LogP contribution in [0.5, 0.6) is 0 Å². The van der Waals surface area contributed by atoms with Gasteiger partial charge in [0.1, 0.15) is 22.6 Å². The van der Waals surface area contributed by atoms with Gasteiger partial charge in [-0.05, 0) is 88.3 Å². The number of benzene rings is 5. The molecule has 0 saturated heterocycles. The van der Waals surface area contributed by atoms with Gasteiger partial charge in [-0.1, -0.05) is 66.2 Å². The Hall–Kier alpha value is -6.95. The Balaban J connectivity index is 0.000000284. The SMILES string of the molecule is FB(F)F.Fc1cccc2c(Cl)nccc12.Fc1cccc2cnccc12.N#[N+]c1cccc2cnccc12.Nc1cccc2cnccc12.O=P(Cl)(Cl)Cl.OO.O[n+]1ccc2c(F)cccc2c1.[F-]. The molecule has 5 aromatic heterocycles. The minimum atomic E-state index is -3.67. The Morgan fingerprint density at radius 2 is 0.986 bits per heavy atom. The number of anilines is 1. The molecular weight excluding hydrogens is 1030 g/mol. The van der Waals surface area contributed by atoms with E-state index < -0.39 is 12.7 Å². The van der Waals surface area contributed by atoms with Gasteiger partial charge in [0, 0.05) is 109 Å². The zero-order valence-corrected chi connectivity index (χ0v) is 39.3. The van der Waals surface area contributed by atoms with Crippen molar-refractivity contribution >= 4 is 123 Å². The van der Waals surface area contributed by atoms with E-state index in [0.29, 0.717) is 37.8 Å². The maximum atomic E-state index is 13.1. The molecule has 5 heterocycles. The molecular formula is C45H34BCl4F7N8O4P+. The molecule has 70 heavy (non-hydrogen) atoms. The van der Waals surface area contributed by atoms with E-state index in [-0.39, 0.29) is 22.2 Å². The van der Waals surface area contributed by atoms with Gasteiger partial charge in [0.2, 0.25) is 17.8 Å². The van der Waals surface area contributed by atoms with Crippen LogP contribution in [0.4, 0.5) is 37.5 Å². The van der Waals surface area contributed by atoms with E-state index in [1.165, 1.54) is 42.9 Å². The molecule has 0 bridgehead atoms. The number of nitrogens with zero attached hydrogens (tertiary/aromatic N) is 7. The summed E-state index contributed by atoms with van der Waals surface area (Å²) in [5.74, 6) is -0.727. The van der Waals surface area contributed by atoms with Crippen molar-refractivity contribution < 1.29 is 55.8 Å². The monoisotopic (exact) mass is 1070 g/mol. The fourth-order valence-corrected chi connectivity index (χ4v) is 5.96. The molecule has 12 nitrogen and oxygen atoms in total. The van der Waals surface area contributed by atoms with Gasteiger partial charge in [0.25, 0.3) is 0 Å². The lowest BCUT2D eigenvalue weighted by molar-refractivity contribution is -0.903. The van der Waals surface area contributed by atoms with Crippen LogP contribution in [-0.2, 0) is 4.57 Å². The van der Waals surface area contributed by atoms with E-state index in [1.807, 2.05) is 54.7 Å². The topological polar surface area (TPSA) is 187 Å². The van der Waals surface area contributed by atoms with Crippen molar-refractivity contribution in [2.24, 2.45) is 0 Å². The third-order valence-corrected chi connectivity index (χ3v) is 8.86. The zero-order valence-electron chi connectivity index (χ0n) is 35.4. The molecule has 0 radical (unpaired) electrons. The van der Waals surface area contributed by atoms with Gasteiger partial charge in [-0.25, -0.2) is 18.2 Å². The molecule has 0 amide bonds. The van der Waals surface area contributed by atoms with Crippen LogP contribution < -0.4 is 15.2 Å². The Morgan fingerprint density at radius 1 is 0.586 bits per heavy atom. The number of nitrogen functional groups attached to an aromatic ring is 1. The number of diazo groups is 1. The van der Waals surface area contributed by atoms with Crippen molar-refractivity contribution in [1.29, 1.82) is 5.39 Å². The minimum absolute atomic E-state index is 0. The van der Waals surface area contributed by atoms with E-state index in [4.69, 9.17) is 38.4 Å². The summed E-state index contributed by atoms with van der Waals surface area (Å²) in [5, 5.41) is 34.7. The number of aromatic nitrogens is 5. The largest absolute Gasteiger partial charge is 1.00 e. The van der Waals surface area contributed by atoms with Crippen molar-refractivity contribution in [2.75, 3.05) is 5.73 Å². The van der Waals surface area contributed by atoms with Gasteiger partial charge in [0.15, 0.2) is 4.98 Å². The zero-order chi connectivity index (χ0) is 50.9. The number of rotatable bonds is 0. The summed E-state index contributed by atoms with van der Waals surface area (Å²) in [6, 6.07) is 34.4. The van der Waals surface area contributed by atoms with Crippen molar-refractivity contribution in [3.63, 3.8) is 0 Å². The van der Waals surface area contributed by atoms with Crippen molar-refractivity contribution in [1.82, 2.24) is 19.9 Å². The summed E-state index contributed by atoms with van der Waals surface area (Å²) in [5.41, 5.74) is 7.12. The molecule has 362 valence electrons. The van der Waals surface area contributed by atoms with Crippen LogP contribution in [0.2, 0.25) is 5.15 Å². The maximum Gasteiger partial charge on any atom is 0.762 e. The highest BCUT2D eigenvalue weighted by atomic mass is 36.0. The summed E-state index contributed by atoms with van der Waals surface area (Å²) in [7, 11) is -3.67. The summed E-state index contributed by atoms with van der Waals surface area (Å²) in [4.78, 5) is 18.9. The lowest BCUT2D eigenvalue weighted by atomic mass is 10.1. The van der Waals surface area contributed by atoms with E-state index >= 15 is 0 Å². The first-order valence-electron chi connectivity index (χ1n) is 19.0. The third kappa shape index (κ3) is 20.0. The number of hydrogen-bond acceptors (Lipinski definition) is 10. The lowest BCUT2D eigenvalue weighted by Gasteiger charge is -1.98. The van der Waals surface area contributed by atoms with Gasteiger partial charge < -0.3 is 10.4 Å². The van der Waals surface area contributed by atoms with E-state index in [1.54, 1.807) is 79.5 Å². The van der Waals surface area contributed by atoms with Gasteiger partial charge in [-0.2, -0.15) is 0 Å². The Morgan fingerprint density at radius 3 is 1.49 bits per heavy atom. The van der Waals surface area contributed by atoms with Gasteiger partial charge >= 0.3 is 18.4 Å². The van der Waals surface area contributed by atoms with Crippen LogP contribution in [0.1, 0.15) is 0 Å². The number of pyridine rings is 5. The standard InChI is InChI=1S/C9H5ClFN.C9H7FNO.C9H6FN.C9H6N3.C9H8N2.BF3.Cl3OP.FH.H2O2/c10-9-7-2-1-3-8(11)6(7)4-5-12-9;10-9-3-1-2-7-6-11(12)5-4-8(7)9;10-9-3-1-2-7-6-11-5-4-8(7)9;10-12-9-3-1-2-7-6-11-5-4-8(7)9;10-9-3-1-2-7-6-11-5-4-8(7)9;2-1(3)4;1-5(2,3)4;;1-2/h1-5H;1-6,12H;1-6H;1-6H;1-6H,10H2;;;1H;1-2H/q;+1;;+1;;;;;/p-1. The van der Waals surface area contributed by atoms with E-state index in [2.05, 4.69) is 58.6 Å². The van der Waals surface area contributed by atoms with Crippen LogP contribution in [0.3, 0.4) is 0 Å². The van der Waals surface area contributed by atoms with Gasteiger partial charge in [0.05, 0.1) is 10.8 Å². The van der Waals surface area contributed by atoms with E-state index in [9.17, 15) is 30.7 Å². The second kappa shape index (κ2) is 30.5. The Bertz CT molecular complexity index is 3180. The molecule has 0 fully saturated rings. The van der Waals surface area contributed by atoms with Crippen LogP contribution in [0.15, 0.2) is 177 Å². The molecule has 10 rings (SSSR count). The molecule has 0 aliphatic heterocycles. The highest BCUT2D eigenvalue weighted by Crippen LogP contribution is 2.61. The lowest BCUT2D eigenvalue weighted by Crippen LogP contribution is -3.00. The average molecular weight is 1070 g/mol. The highest BCUT2D eigenvalue weighted by molar-refractivity contribution is 8.24. The minimum Gasteiger partial charge on any atom is -1.00 e. The molecule has 0 aliphatic rings. The number of hydrogen-bond donors (Lipinski definition) is 4. The maximum absolute atomic E-state index is 13.1. The average Bonchev–Trinajstić information content (AvgIpc) is 3.33. The number of nitrogens with two attached hydrogens (primary N) is 1. The first kappa shape index (κ1) is 59.2. The van der Waals surface area contributed by atoms with Crippen LogP contribution in [0.25, 0.3) is 58.8 Å². The molecule has 25 heteroatoms. The summed E-state index contributed by atoms with van der Waals surface area (Å²) in [6.45, 7) is 0. The molecule has 5 aromatic carbocycles. The molecule has 0 spiro atoms. The summed E-state index contributed by atoms with van der Waals surface area (Å²) in [6.07, 6.45) is 14.6. The molecule has 10 aromatic rings. The van der Waals surface area contributed by atoms with Crippen LogP contribution >= 0.6 is 50.5 Å². The Kier molecular flexibility index (Phi) is 25.8. The first-order chi connectivity index (χ1) is 33.0. The number of halogens is 11. The van der Waals surface area contributed by atoms with Crippen molar-refractivity contribution in [3.05, 3.63) is 205 Å². The second-order valence-corrected chi connectivity index (χ2v) is 19.9. The van der Waals surface area contributed by atoms with Crippen LogP contribution in [-0.4, -0.2) is 43.2 Å². The quantitative estimate of drug-likeness (QED) is 0.0109. The van der Waals surface area contributed by atoms with Gasteiger partial charge in [-0.3, -0.25) is 48.2 Å². The smallest absolute Gasteiger partial charge is 0.762 e.